The SMILES string of the molecule is CCc1ccc(NC(=O)C[NH+]2CCC[C@H]2c2ccc3c(c2)OCCCO3)cc1. The van der Waals surface area contributed by atoms with Crippen molar-refractivity contribution < 1.29 is 19.2 Å². The van der Waals surface area contributed by atoms with Crippen molar-refractivity contribution in [3.63, 3.8) is 0 Å². The van der Waals surface area contributed by atoms with Crippen LogP contribution in [0.5, 0.6) is 11.5 Å². The number of hydrogen-bond donors (Lipinski definition) is 2. The number of carbonyl (C=O) groups is 1. The topological polar surface area (TPSA) is 52.0 Å². The van der Waals surface area contributed by atoms with Crippen LogP contribution in [0.1, 0.15) is 43.4 Å². The lowest BCUT2D eigenvalue weighted by Gasteiger charge is -2.22. The van der Waals surface area contributed by atoms with Crippen LogP contribution in [0.3, 0.4) is 0 Å². The van der Waals surface area contributed by atoms with Crippen molar-refractivity contribution in [3.05, 3.63) is 53.6 Å². The summed E-state index contributed by atoms with van der Waals surface area (Å²) in [6.07, 6.45) is 4.13. The molecule has 0 bridgehead atoms. The summed E-state index contributed by atoms with van der Waals surface area (Å²) in [7, 11) is 0. The Morgan fingerprint density at radius 3 is 2.64 bits per heavy atom. The van der Waals surface area contributed by atoms with E-state index in [1.54, 1.807) is 0 Å². The highest BCUT2D eigenvalue weighted by Gasteiger charge is 2.32. The minimum Gasteiger partial charge on any atom is -0.490 e. The molecule has 5 nitrogen and oxygen atoms in total. The third kappa shape index (κ3) is 4.30. The largest absolute Gasteiger partial charge is 0.490 e. The van der Waals surface area contributed by atoms with E-state index in [0.29, 0.717) is 25.8 Å². The number of aryl methyl sites for hydroxylation is 1. The second-order valence-electron chi connectivity index (χ2n) is 7.64. The van der Waals surface area contributed by atoms with Crippen LogP contribution in [-0.2, 0) is 11.2 Å². The lowest BCUT2D eigenvalue weighted by atomic mass is 10.0. The van der Waals surface area contributed by atoms with Crippen LogP contribution < -0.4 is 19.7 Å². The number of carbonyl (C=O) groups excluding carboxylic acids is 1. The Hall–Kier alpha value is -2.53. The Morgan fingerprint density at radius 1 is 1.07 bits per heavy atom. The maximum absolute atomic E-state index is 12.6. The van der Waals surface area contributed by atoms with E-state index in [1.165, 1.54) is 16.0 Å². The van der Waals surface area contributed by atoms with E-state index >= 15 is 0 Å². The lowest BCUT2D eigenvalue weighted by Crippen LogP contribution is -3.11. The minimum atomic E-state index is 0.0699. The molecular weight excluding hydrogens is 352 g/mol. The summed E-state index contributed by atoms with van der Waals surface area (Å²) in [6, 6.07) is 14.7. The van der Waals surface area contributed by atoms with Crippen LogP contribution in [-0.4, -0.2) is 32.2 Å². The van der Waals surface area contributed by atoms with Gasteiger partial charge in [0.1, 0.15) is 6.04 Å². The molecule has 1 unspecified atom stereocenters. The predicted octanol–water partition coefficient (Wildman–Crippen LogP) is 2.77. The van der Waals surface area contributed by atoms with Crippen LogP contribution >= 0.6 is 0 Å². The molecule has 1 amide bonds. The first-order valence-corrected chi connectivity index (χ1v) is 10.4. The van der Waals surface area contributed by atoms with Gasteiger partial charge in [0, 0.05) is 30.5 Å². The first-order valence-electron chi connectivity index (χ1n) is 10.4. The van der Waals surface area contributed by atoms with Crippen LogP contribution in [0.2, 0.25) is 0 Å². The fourth-order valence-corrected chi connectivity index (χ4v) is 4.16. The first-order chi connectivity index (χ1) is 13.7. The van der Waals surface area contributed by atoms with Crippen molar-refractivity contribution in [3.8, 4) is 11.5 Å². The van der Waals surface area contributed by atoms with Crippen molar-refractivity contribution in [2.24, 2.45) is 0 Å². The summed E-state index contributed by atoms with van der Waals surface area (Å²) >= 11 is 0. The van der Waals surface area contributed by atoms with Gasteiger partial charge in [-0.15, -0.1) is 0 Å². The molecule has 0 saturated carbocycles. The van der Waals surface area contributed by atoms with Crippen molar-refractivity contribution in [1.82, 2.24) is 0 Å². The summed E-state index contributed by atoms with van der Waals surface area (Å²) < 4.78 is 11.6. The van der Waals surface area contributed by atoms with Gasteiger partial charge in [0.15, 0.2) is 18.0 Å². The molecule has 2 N–H and O–H groups in total. The molecule has 5 heteroatoms. The van der Waals surface area contributed by atoms with Crippen LogP contribution in [0.25, 0.3) is 0 Å². The highest BCUT2D eigenvalue weighted by Crippen LogP contribution is 2.33. The van der Waals surface area contributed by atoms with E-state index in [9.17, 15) is 4.79 Å². The summed E-state index contributed by atoms with van der Waals surface area (Å²) in [5.74, 6) is 1.73. The molecule has 4 rings (SSSR count). The molecule has 1 saturated heterocycles. The number of hydrogen-bond acceptors (Lipinski definition) is 3. The first kappa shape index (κ1) is 18.8. The normalized spacial score (nSPS) is 21.2. The summed E-state index contributed by atoms with van der Waals surface area (Å²) in [6.45, 7) is 5.02. The van der Waals surface area contributed by atoms with Gasteiger partial charge in [-0.25, -0.2) is 0 Å². The third-order valence-corrected chi connectivity index (χ3v) is 5.69. The monoisotopic (exact) mass is 381 g/mol. The molecule has 1 fully saturated rings. The number of ether oxygens (including phenoxy) is 2. The fraction of sp³-hybridized carbons (Fsp3) is 0.435. The number of rotatable bonds is 5. The van der Waals surface area contributed by atoms with Crippen LogP contribution in [0.4, 0.5) is 5.69 Å². The van der Waals surface area contributed by atoms with Gasteiger partial charge in [-0.1, -0.05) is 19.1 Å². The lowest BCUT2D eigenvalue weighted by molar-refractivity contribution is -0.910. The number of benzene rings is 2. The molecule has 2 atom stereocenters. The van der Waals surface area contributed by atoms with Gasteiger partial charge in [0.25, 0.3) is 5.91 Å². The van der Waals surface area contributed by atoms with Crippen LogP contribution in [0.15, 0.2) is 42.5 Å². The van der Waals surface area contributed by atoms with Gasteiger partial charge in [0.05, 0.1) is 19.8 Å². The molecule has 2 heterocycles. The van der Waals surface area contributed by atoms with Crippen molar-refractivity contribution in [2.45, 2.75) is 38.6 Å². The highest BCUT2D eigenvalue weighted by atomic mass is 16.5. The molecule has 148 valence electrons. The molecule has 2 aromatic rings. The molecule has 0 aromatic heterocycles. The zero-order chi connectivity index (χ0) is 19.3. The molecule has 0 aliphatic carbocycles. The molecule has 2 aliphatic heterocycles. The molecular formula is C23H29N2O3+. The second-order valence-corrected chi connectivity index (χ2v) is 7.64. The Morgan fingerprint density at radius 2 is 1.86 bits per heavy atom. The number of nitrogens with one attached hydrogen (secondary N) is 2. The van der Waals surface area contributed by atoms with E-state index in [-0.39, 0.29) is 5.91 Å². The number of fused-ring (bicyclic) bond motifs is 1. The van der Waals surface area contributed by atoms with Crippen LogP contribution in [0, 0.1) is 0 Å². The summed E-state index contributed by atoms with van der Waals surface area (Å²) in [5.41, 5.74) is 3.38. The third-order valence-electron chi connectivity index (χ3n) is 5.69. The smallest absolute Gasteiger partial charge is 0.279 e. The zero-order valence-corrected chi connectivity index (χ0v) is 16.5. The Balaban J connectivity index is 1.41. The van der Waals surface area contributed by atoms with Gasteiger partial charge < -0.3 is 19.7 Å². The molecule has 2 aromatic carbocycles. The summed E-state index contributed by atoms with van der Waals surface area (Å²) in [5, 5.41) is 3.05. The standard InChI is InChI=1S/C23H28N2O3/c1-2-17-6-9-19(10-7-17)24-23(26)16-25-12-3-5-20(25)18-8-11-21-22(15-18)28-14-4-13-27-21/h6-11,15,20H,2-5,12-14,16H2,1H3,(H,24,26)/p+1/t20-/m0/s1. The number of quaternary nitrogens is 1. The average Bonchev–Trinajstić information content (AvgIpc) is 3.03. The second kappa shape index (κ2) is 8.65. The van der Waals surface area contributed by atoms with E-state index in [4.69, 9.17) is 9.47 Å². The van der Waals surface area contributed by atoms with Crippen molar-refractivity contribution in [2.75, 3.05) is 31.6 Å². The number of anilines is 1. The van der Waals surface area contributed by atoms with E-state index < -0.39 is 0 Å². The Kier molecular flexibility index (Phi) is 5.81. The Labute approximate surface area is 166 Å². The fourth-order valence-electron chi connectivity index (χ4n) is 4.16. The van der Waals surface area contributed by atoms with Gasteiger partial charge in [-0.3, -0.25) is 4.79 Å². The number of likely N-dealkylation sites (tertiary alicyclic amines) is 1. The molecule has 0 spiro atoms. The molecule has 2 aliphatic rings. The van der Waals surface area contributed by atoms with Gasteiger partial charge in [-0.05, 0) is 42.3 Å². The van der Waals surface area contributed by atoms with Gasteiger partial charge in [0.2, 0.25) is 0 Å². The van der Waals surface area contributed by atoms with E-state index in [0.717, 1.165) is 49.4 Å². The average molecular weight is 381 g/mol. The predicted molar refractivity (Wildman–Crippen MR) is 109 cm³/mol. The Bertz CT molecular complexity index is 819. The molecule has 28 heavy (non-hydrogen) atoms. The van der Waals surface area contributed by atoms with Gasteiger partial charge in [-0.2, -0.15) is 0 Å². The summed E-state index contributed by atoms with van der Waals surface area (Å²) in [4.78, 5) is 13.9. The maximum atomic E-state index is 12.6. The number of amides is 1. The molecule has 0 radical (unpaired) electrons. The quantitative estimate of drug-likeness (QED) is 0.837. The van der Waals surface area contributed by atoms with E-state index in [1.807, 2.05) is 18.2 Å². The minimum absolute atomic E-state index is 0.0699. The van der Waals surface area contributed by atoms with Crippen molar-refractivity contribution >= 4 is 11.6 Å². The zero-order valence-electron chi connectivity index (χ0n) is 16.5. The highest BCUT2D eigenvalue weighted by molar-refractivity contribution is 5.91. The maximum Gasteiger partial charge on any atom is 0.279 e. The van der Waals surface area contributed by atoms with Crippen molar-refractivity contribution in [1.29, 1.82) is 0 Å². The van der Waals surface area contributed by atoms with E-state index in [2.05, 4.69) is 36.5 Å². The van der Waals surface area contributed by atoms with Gasteiger partial charge >= 0.3 is 0 Å².